The fourth-order valence-electron chi connectivity index (χ4n) is 2.32. The number of nitrogens with two attached hydrogens (primary N) is 1. The molecular weight excluding hydrogens is 204 g/mol. The van der Waals surface area contributed by atoms with Crippen LogP contribution in [-0.2, 0) is 9.53 Å². The molecule has 0 bridgehead atoms. The van der Waals surface area contributed by atoms with E-state index in [1.807, 2.05) is 0 Å². The molecule has 4 nitrogen and oxygen atoms in total. The van der Waals surface area contributed by atoms with Gasteiger partial charge in [0.1, 0.15) is 6.10 Å². The summed E-state index contributed by atoms with van der Waals surface area (Å²) in [7, 11) is 1.52. The van der Waals surface area contributed by atoms with Gasteiger partial charge in [-0.2, -0.15) is 0 Å². The molecule has 94 valence electrons. The summed E-state index contributed by atoms with van der Waals surface area (Å²) < 4.78 is 5.01. The van der Waals surface area contributed by atoms with Crippen LogP contribution in [0.5, 0.6) is 0 Å². The van der Waals surface area contributed by atoms with Crippen LogP contribution in [0.15, 0.2) is 0 Å². The molecular formula is C12H24N2O2. The zero-order chi connectivity index (χ0) is 12.0. The van der Waals surface area contributed by atoms with E-state index in [2.05, 4.69) is 12.2 Å². The van der Waals surface area contributed by atoms with Gasteiger partial charge in [0.05, 0.1) is 0 Å². The Bertz CT molecular complexity index is 209. The van der Waals surface area contributed by atoms with Gasteiger partial charge >= 0.3 is 0 Å². The number of carbonyl (C=O) groups is 1. The SMILES string of the molecule is CCC1CCC(NC(=O)C(CN)OC)CC1. The van der Waals surface area contributed by atoms with Crippen LogP contribution in [0.1, 0.15) is 39.0 Å². The van der Waals surface area contributed by atoms with E-state index in [-0.39, 0.29) is 12.5 Å². The molecule has 0 saturated heterocycles. The third-order valence-electron chi connectivity index (χ3n) is 3.56. The van der Waals surface area contributed by atoms with Gasteiger partial charge in [-0.05, 0) is 31.6 Å². The quantitative estimate of drug-likeness (QED) is 0.739. The van der Waals surface area contributed by atoms with Gasteiger partial charge in [0, 0.05) is 19.7 Å². The number of nitrogens with one attached hydrogen (secondary N) is 1. The average Bonchev–Trinajstić information content (AvgIpc) is 2.31. The first-order valence-electron chi connectivity index (χ1n) is 6.24. The Kier molecular flexibility index (Phi) is 5.77. The number of methoxy groups -OCH3 is 1. The molecule has 3 N–H and O–H groups in total. The van der Waals surface area contributed by atoms with Crippen LogP contribution in [0.2, 0.25) is 0 Å². The van der Waals surface area contributed by atoms with Gasteiger partial charge in [0.25, 0.3) is 5.91 Å². The molecule has 1 amide bonds. The number of hydrogen-bond donors (Lipinski definition) is 2. The number of amides is 1. The number of ether oxygens (including phenoxy) is 1. The van der Waals surface area contributed by atoms with E-state index in [0.29, 0.717) is 6.04 Å². The summed E-state index contributed by atoms with van der Waals surface area (Å²) in [6.07, 6.45) is 5.38. The lowest BCUT2D eigenvalue weighted by Crippen LogP contribution is -2.46. The zero-order valence-corrected chi connectivity index (χ0v) is 10.4. The van der Waals surface area contributed by atoms with E-state index in [9.17, 15) is 4.79 Å². The summed E-state index contributed by atoms with van der Waals surface area (Å²) in [6, 6.07) is 0.319. The highest BCUT2D eigenvalue weighted by Gasteiger charge is 2.24. The molecule has 1 aliphatic carbocycles. The van der Waals surface area contributed by atoms with Gasteiger partial charge in [-0.3, -0.25) is 4.79 Å². The Morgan fingerprint density at radius 3 is 2.50 bits per heavy atom. The minimum absolute atomic E-state index is 0.0649. The maximum atomic E-state index is 11.7. The van der Waals surface area contributed by atoms with Gasteiger partial charge in [-0.1, -0.05) is 13.3 Å². The minimum atomic E-state index is -0.496. The molecule has 1 aliphatic rings. The van der Waals surface area contributed by atoms with E-state index in [1.165, 1.54) is 26.4 Å². The largest absolute Gasteiger partial charge is 0.370 e. The molecule has 0 spiro atoms. The maximum absolute atomic E-state index is 11.7. The van der Waals surface area contributed by atoms with Gasteiger partial charge in [-0.15, -0.1) is 0 Å². The topological polar surface area (TPSA) is 64.4 Å². The van der Waals surface area contributed by atoms with Crippen molar-refractivity contribution in [3.63, 3.8) is 0 Å². The van der Waals surface area contributed by atoms with Crippen molar-refractivity contribution in [2.45, 2.75) is 51.2 Å². The van der Waals surface area contributed by atoms with Gasteiger partial charge in [0.2, 0.25) is 0 Å². The third kappa shape index (κ3) is 3.76. The van der Waals surface area contributed by atoms with Crippen molar-refractivity contribution >= 4 is 5.91 Å². The molecule has 0 aromatic carbocycles. The summed E-state index contributed by atoms with van der Waals surface area (Å²) in [4.78, 5) is 11.7. The first-order chi connectivity index (χ1) is 7.71. The van der Waals surface area contributed by atoms with Crippen molar-refractivity contribution in [3.8, 4) is 0 Å². The van der Waals surface area contributed by atoms with Crippen molar-refractivity contribution in [3.05, 3.63) is 0 Å². The highest BCUT2D eigenvalue weighted by atomic mass is 16.5. The molecule has 0 aromatic rings. The van der Waals surface area contributed by atoms with Crippen LogP contribution in [-0.4, -0.2) is 31.7 Å². The Hall–Kier alpha value is -0.610. The van der Waals surface area contributed by atoms with Crippen molar-refractivity contribution in [2.24, 2.45) is 11.7 Å². The maximum Gasteiger partial charge on any atom is 0.250 e. The normalized spacial score (nSPS) is 27.4. The van der Waals surface area contributed by atoms with Crippen LogP contribution in [0.4, 0.5) is 0 Å². The van der Waals surface area contributed by atoms with Gasteiger partial charge in [0.15, 0.2) is 0 Å². The smallest absolute Gasteiger partial charge is 0.250 e. The molecule has 1 fully saturated rings. The van der Waals surface area contributed by atoms with E-state index in [4.69, 9.17) is 10.5 Å². The second kappa shape index (κ2) is 6.86. The summed E-state index contributed by atoms with van der Waals surface area (Å²) in [5, 5.41) is 3.02. The van der Waals surface area contributed by atoms with Crippen LogP contribution in [0.3, 0.4) is 0 Å². The third-order valence-corrected chi connectivity index (χ3v) is 3.56. The molecule has 4 heteroatoms. The van der Waals surface area contributed by atoms with Crippen molar-refractivity contribution in [2.75, 3.05) is 13.7 Å². The molecule has 0 aliphatic heterocycles. The standard InChI is InChI=1S/C12H24N2O2/c1-3-9-4-6-10(7-5-9)14-12(15)11(8-13)16-2/h9-11H,3-8,13H2,1-2H3,(H,14,15). The first-order valence-corrected chi connectivity index (χ1v) is 6.24. The number of carbonyl (C=O) groups excluding carboxylic acids is 1. The Morgan fingerprint density at radius 1 is 1.44 bits per heavy atom. The van der Waals surface area contributed by atoms with Crippen molar-refractivity contribution in [1.82, 2.24) is 5.32 Å². The highest BCUT2D eigenvalue weighted by Crippen LogP contribution is 2.26. The lowest BCUT2D eigenvalue weighted by atomic mass is 9.84. The van der Waals surface area contributed by atoms with Gasteiger partial charge < -0.3 is 15.8 Å². The molecule has 0 aromatic heterocycles. The summed E-state index contributed by atoms with van der Waals surface area (Å²) in [5.41, 5.74) is 5.45. The van der Waals surface area contributed by atoms with Crippen LogP contribution in [0, 0.1) is 5.92 Å². The molecule has 1 atom stereocenters. The second-order valence-corrected chi connectivity index (χ2v) is 4.59. The van der Waals surface area contributed by atoms with Crippen LogP contribution in [0.25, 0.3) is 0 Å². The summed E-state index contributed by atoms with van der Waals surface area (Å²) in [6.45, 7) is 2.48. The number of rotatable bonds is 5. The fourth-order valence-corrected chi connectivity index (χ4v) is 2.32. The van der Waals surface area contributed by atoms with Crippen LogP contribution >= 0.6 is 0 Å². The lowest BCUT2D eigenvalue weighted by Gasteiger charge is -2.29. The van der Waals surface area contributed by atoms with Crippen LogP contribution < -0.4 is 11.1 Å². The molecule has 0 heterocycles. The van der Waals surface area contributed by atoms with Crippen molar-refractivity contribution in [1.29, 1.82) is 0 Å². The van der Waals surface area contributed by atoms with Crippen molar-refractivity contribution < 1.29 is 9.53 Å². The highest BCUT2D eigenvalue weighted by molar-refractivity contribution is 5.81. The van der Waals surface area contributed by atoms with E-state index in [0.717, 1.165) is 18.8 Å². The predicted octanol–water partition coefficient (Wildman–Crippen LogP) is 1.05. The Morgan fingerprint density at radius 2 is 2.06 bits per heavy atom. The monoisotopic (exact) mass is 228 g/mol. The minimum Gasteiger partial charge on any atom is -0.370 e. The van der Waals surface area contributed by atoms with Gasteiger partial charge in [-0.25, -0.2) is 0 Å². The van der Waals surface area contributed by atoms with E-state index in [1.54, 1.807) is 0 Å². The summed E-state index contributed by atoms with van der Waals surface area (Å²) in [5.74, 6) is 0.783. The molecule has 1 unspecified atom stereocenters. The predicted molar refractivity (Wildman–Crippen MR) is 64.0 cm³/mol. The Balaban J connectivity index is 2.30. The molecule has 1 saturated carbocycles. The molecule has 1 rings (SSSR count). The second-order valence-electron chi connectivity index (χ2n) is 4.59. The lowest BCUT2D eigenvalue weighted by molar-refractivity contribution is -0.131. The van der Waals surface area contributed by atoms with E-state index >= 15 is 0 Å². The fraction of sp³-hybridized carbons (Fsp3) is 0.917. The summed E-state index contributed by atoms with van der Waals surface area (Å²) >= 11 is 0. The average molecular weight is 228 g/mol. The van der Waals surface area contributed by atoms with E-state index < -0.39 is 6.10 Å². The Labute approximate surface area is 97.9 Å². The zero-order valence-electron chi connectivity index (χ0n) is 10.4. The number of hydrogen-bond acceptors (Lipinski definition) is 3. The first kappa shape index (κ1) is 13.5. The molecule has 16 heavy (non-hydrogen) atoms. The molecule has 0 radical (unpaired) electrons.